The van der Waals surface area contributed by atoms with E-state index in [9.17, 15) is 76.7 Å². The molecule has 8 amide bonds. The van der Waals surface area contributed by atoms with E-state index in [0.717, 1.165) is 28.7 Å². The van der Waals surface area contributed by atoms with Crippen molar-refractivity contribution in [3.8, 4) is 40.1 Å². The van der Waals surface area contributed by atoms with Crippen LogP contribution in [0.1, 0.15) is 130 Å². The molecule has 0 spiro atoms. The van der Waals surface area contributed by atoms with Gasteiger partial charge in [0.15, 0.2) is 5.78 Å². The van der Waals surface area contributed by atoms with Crippen LogP contribution in [0.15, 0.2) is 250 Å². The van der Waals surface area contributed by atoms with E-state index in [4.69, 9.17) is 18.9 Å². The number of aldehydes is 3. The number of nitrogens with zero attached hydrogens (tertiary/aromatic N) is 6. The lowest BCUT2D eigenvalue weighted by molar-refractivity contribution is 0.0910. The molecule has 540 valence electrons. The fraction of sp³-hybridized carbons (Fsp3) is 0.0353. The predicted molar refractivity (Wildman–Crippen MR) is 403 cm³/mol. The normalized spacial score (nSPS) is 13.2. The fourth-order valence-electron chi connectivity index (χ4n) is 13.4. The minimum Gasteiger partial charge on any atom is -0.497 e. The molecule has 6 heterocycles. The maximum absolute atomic E-state index is 13.4. The Kier molecular flexibility index (Phi) is 18.0. The molecule has 26 nitrogen and oxygen atoms in total. The number of rotatable bonds is 16. The average Bonchev–Trinajstić information content (AvgIpc) is 1.58. The van der Waals surface area contributed by atoms with E-state index in [0.29, 0.717) is 98.3 Å². The molecule has 17 rings (SSSR count). The second-order valence-corrected chi connectivity index (χ2v) is 25.2. The molecule has 0 fully saturated rings. The second-order valence-electron chi connectivity index (χ2n) is 25.2. The number of imide groups is 4. The predicted octanol–water partition coefficient (Wildman–Crippen LogP) is 11.0. The summed E-state index contributed by atoms with van der Waals surface area (Å²) in [5.74, 6) is -2.18. The van der Waals surface area contributed by atoms with Crippen LogP contribution in [0.3, 0.4) is 0 Å². The van der Waals surface area contributed by atoms with Gasteiger partial charge in [-0.3, -0.25) is 76.7 Å². The summed E-state index contributed by atoms with van der Waals surface area (Å²) in [6, 6.07) is 57.9. The molecule has 0 saturated heterocycles. The van der Waals surface area contributed by atoms with Gasteiger partial charge in [0, 0.05) is 33.9 Å². The molecule has 111 heavy (non-hydrogen) atoms. The molecule has 4 aliphatic heterocycles. The number of hydrogen-bond acceptors (Lipinski definition) is 20. The zero-order chi connectivity index (χ0) is 78.0. The lowest BCUT2D eigenvalue weighted by Crippen LogP contribution is -2.29. The van der Waals surface area contributed by atoms with Crippen LogP contribution in [0, 0.1) is 0 Å². The van der Waals surface area contributed by atoms with Gasteiger partial charge in [0.25, 0.3) is 69.5 Å². The molecule has 0 aliphatic carbocycles. The lowest BCUT2D eigenvalue weighted by Gasteiger charge is -2.16. The van der Waals surface area contributed by atoms with Crippen LogP contribution in [0.2, 0.25) is 0 Å². The van der Waals surface area contributed by atoms with Crippen molar-refractivity contribution in [2.75, 3.05) is 40.9 Å². The van der Waals surface area contributed by atoms with Gasteiger partial charge < -0.3 is 18.9 Å². The molecule has 0 saturated carbocycles. The molecule has 0 atom stereocenters. The zero-order valence-electron chi connectivity index (χ0n) is 58.0. The van der Waals surface area contributed by atoms with Crippen LogP contribution in [-0.2, 0) is 0 Å². The highest BCUT2D eigenvalue weighted by molar-refractivity contribution is 6.38. The number of aromatic nitrogens is 2. The first-order valence-electron chi connectivity index (χ1n) is 33.5. The third-order valence-electron chi connectivity index (χ3n) is 18.9. The number of carbonyl (C=O) groups excluding carboxylic acids is 12. The number of methoxy groups -OCH3 is 3. The van der Waals surface area contributed by atoms with Gasteiger partial charge in [0.2, 0.25) is 0 Å². The van der Waals surface area contributed by atoms with Gasteiger partial charge in [-0.2, -0.15) is 0 Å². The molecule has 26 heteroatoms. The topological polar surface area (TPSA) is 333 Å². The largest absolute Gasteiger partial charge is 0.497 e. The Hall–Kier alpha value is -15.9. The van der Waals surface area contributed by atoms with E-state index < -0.39 is 75.3 Å². The molecule has 2 aromatic heterocycles. The van der Waals surface area contributed by atoms with Crippen molar-refractivity contribution >= 4 is 116 Å². The van der Waals surface area contributed by atoms with Gasteiger partial charge in [-0.1, -0.05) is 36.4 Å². The first-order valence-corrected chi connectivity index (χ1v) is 33.5. The van der Waals surface area contributed by atoms with Crippen LogP contribution in [0.25, 0.3) is 32.9 Å². The van der Waals surface area contributed by atoms with Gasteiger partial charge in [-0.05, 0) is 188 Å². The zero-order valence-corrected chi connectivity index (χ0v) is 58.0. The van der Waals surface area contributed by atoms with Crippen LogP contribution in [-0.4, -0.2) is 102 Å². The Bertz CT molecular complexity index is 6430. The van der Waals surface area contributed by atoms with E-state index in [2.05, 4.69) is 0 Å². The van der Waals surface area contributed by atoms with Crippen molar-refractivity contribution < 1.29 is 76.5 Å². The molecular formula is C85H50N6O20. The third kappa shape index (κ3) is 12.2. The summed E-state index contributed by atoms with van der Waals surface area (Å²) in [4.78, 5) is 206. The highest BCUT2D eigenvalue weighted by Crippen LogP contribution is 2.37. The molecule has 11 aromatic carbocycles. The molecular weight excluding hydrogens is 1420 g/mol. The monoisotopic (exact) mass is 1470 g/mol. The molecule has 0 N–H and O–H groups in total. The third-order valence-corrected chi connectivity index (χ3v) is 18.9. The summed E-state index contributed by atoms with van der Waals surface area (Å²) in [7, 11) is 4.47. The maximum atomic E-state index is 13.4. The summed E-state index contributed by atoms with van der Waals surface area (Å²) in [5.41, 5.74) is 2.33. The number of carbonyl (C=O) groups is 12. The lowest BCUT2D eigenvalue weighted by atomic mass is 9.96. The highest BCUT2D eigenvalue weighted by Gasteiger charge is 2.42. The highest BCUT2D eigenvalue weighted by atomic mass is 16.5. The average molecular weight is 1480 g/mol. The number of ketones is 1. The minimum absolute atomic E-state index is 0.0453. The van der Waals surface area contributed by atoms with Crippen molar-refractivity contribution in [1.29, 1.82) is 0 Å². The van der Waals surface area contributed by atoms with Gasteiger partial charge in [0.1, 0.15) is 47.6 Å². The smallest absolute Gasteiger partial charge is 0.266 e. The standard InChI is InChI=1S/C31H18N2O7.C30H18N2O7.C24H14N2O6/c1-40-22-7-3-6-21(15-22)33-29(37)24-11-9-19(14-26(24)31(33)39)27(35)18-8-10-23-25(13-18)30(38)32(28(23)36)20-5-2-4-17(12-20)16-34;1-38-22-11-13-24-26(15-22)30(37)32(28(24)35)19-5-9-21(10-6-19)39-20-7-3-18(4-8-20)31-27(34)23-12-2-17(16-33)14-25(23)29(31)36;1-32-16-8-6-15(7-9-16)26-23(30)19-10-17-18(11-20(19)24(26)31)22(29)25(21(17)28)14-4-2-13(12-27)3-5-14/h2-16H,1H3;2-16H,1H3;2-12H,1H3. The number of fused-ring (bicyclic) bond motifs is 6. The van der Waals surface area contributed by atoms with Crippen molar-refractivity contribution in [1.82, 2.24) is 9.13 Å². The van der Waals surface area contributed by atoms with Crippen molar-refractivity contribution in [3.63, 3.8) is 0 Å². The van der Waals surface area contributed by atoms with Crippen LogP contribution in [0.4, 0.5) is 22.7 Å². The van der Waals surface area contributed by atoms with E-state index >= 15 is 0 Å². The quantitative estimate of drug-likeness (QED) is 0.0493. The molecule has 0 radical (unpaired) electrons. The maximum Gasteiger partial charge on any atom is 0.266 e. The number of benzene rings is 11. The second kappa shape index (κ2) is 28.2. The first-order chi connectivity index (χ1) is 53.6. The van der Waals surface area contributed by atoms with E-state index in [-0.39, 0.29) is 77.3 Å². The van der Waals surface area contributed by atoms with Crippen LogP contribution in [0.5, 0.6) is 28.7 Å². The van der Waals surface area contributed by atoms with Gasteiger partial charge in [0.05, 0.1) is 122 Å². The number of ether oxygens (including phenoxy) is 4. The number of amides is 8. The number of hydrogen-bond donors (Lipinski definition) is 0. The van der Waals surface area contributed by atoms with E-state index in [1.807, 2.05) is 0 Å². The van der Waals surface area contributed by atoms with Crippen LogP contribution < -0.4 is 60.8 Å². The summed E-state index contributed by atoms with van der Waals surface area (Å²) in [6.07, 6.45) is 1.89. The van der Waals surface area contributed by atoms with Crippen molar-refractivity contribution in [3.05, 3.63) is 344 Å². The fourth-order valence-corrected chi connectivity index (χ4v) is 13.4. The summed E-state index contributed by atoms with van der Waals surface area (Å²) in [6.45, 7) is 0. The van der Waals surface area contributed by atoms with Crippen LogP contribution >= 0.6 is 0 Å². The number of anilines is 4. The molecule has 0 unspecified atom stereocenters. The molecule has 4 aliphatic rings. The van der Waals surface area contributed by atoms with Crippen molar-refractivity contribution in [2.24, 2.45) is 0 Å². The first kappa shape index (κ1) is 70.8. The van der Waals surface area contributed by atoms with E-state index in [1.54, 1.807) is 133 Å². The van der Waals surface area contributed by atoms with Gasteiger partial charge in [-0.15, -0.1) is 0 Å². The Morgan fingerprint density at radius 3 is 1.01 bits per heavy atom. The summed E-state index contributed by atoms with van der Waals surface area (Å²) in [5, 5.41) is 0.213. The van der Waals surface area contributed by atoms with Gasteiger partial charge >= 0.3 is 0 Å². The Balaban J connectivity index is 0.000000133. The van der Waals surface area contributed by atoms with Gasteiger partial charge in [-0.25, -0.2) is 28.7 Å². The summed E-state index contributed by atoms with van der Waals surface area (Å²) < 4.78 is 23.3. The Morgan fingerprint density at radius 2 is 0.577 bits per heavy atom. The molecule has 0 bridgehead atoms. The van der Waals surface area contributed by atoms with Crippen molar-refractivity contribution in [2.45, 2.75) is 0 Å². The van der Waals surface area contributed by atoms with E-state index in [1.165, 1.54) is 118 Å². The summed E-state index contributed by atoms with van der Waals surface area (Å²) >= 11 is 0. The SMILES string of the molecule is COc1ccc(-n2c(=O)c3cc4c(=O)n(-c5ccc(C=O)cc5)c(=O)c4cc3c2=O)cc1.COc1ccc2c(c1)C(=O)N(c1ccc(Oc3ccc(N4C(=O)c5ccc(C=O)cc5C4=O)cc3)cc1)C2=O.COc1cccc(N2C(=O)c3ccc(C(=O)c4ccc5c(c4)C(=O)N(c4cccc(C=O)c4)C5=O)cc3C2=O)c1. The Morgan fingerprint density at radius 1 is 0.261 bits per heavy atom. The molecule has 13 aromatic rings. The Labute approximate surface area is 624 Å². The minimum atomic E-state index is -0.624.